The number of hydrazone groups is 1. The Kier molecular flexibility index (Phi) is 5.84. The molecule has 1 N–H and O–H groups in total. The van der Waals surface area contributed by atoms with E-state index in [1.807, 2.05) is 29.3 Å². The van der Waals surface area contributed by atoms with Gasteiger partial charge in [0, 0.05) is 16.1 Å². The molecule has 1 fully saturated rings. The molecule has 1 heterocycles. The van der Waals surface area contributed by atoms with Crippen molar-refractivity contribution in [1.29, 1.82) is 0 Å². The lowest BCUT2D eigenvalue weighted by atomic mass is 10.1. The molecule has 0 spiro atoms. The highest BCUT2D eigenvalue weighted by molar-refractivity contribution is 6.30. The van der Waals surface area contributed by atoms with Crippen molar-refractivity contribution < 1.29 is 18.1 Å². The number of nitrogens with zero attached hydrogens (tertiary/aromatic N) is 2. The predicted octanol–water partition coefficient (Wildman–Crippen LogP) is 3.09. The van der Waals surface area contributed by atoms with Crippen molar-refractivity contribution in [3.8, 4) is 0 Å². The lowest BCUT2D eigenvalue weighted by molar-refractivity contribution is -0.918. The van der Waals surface area contributed by atoms with Crippen LogP contribution in [0.1, 0.15) is 16.7 Å². The number of hydrogen-bond donors (Lipinski definition) is 1. The van der Waals surface area contributed by atoms with E-state index in [9.17, 15) is 13.2 Å². The van der Waals surface area contributed by atoms with Gasteiger partial charge in [-0.15, -0.1) is 0 Å². The zero-order valence-electron chi connectivity index (χ0n) is 14.1. The van der Waals surface area contributed by atoms with Gasteiger partial charge in [0.2, 0.25) is 0 Å². The van der Waals surface area contributed by atoms with Crippen molar-refractivity contribution in [2.24, 2.45) is 5.10 Å². The molecule has 0 saturated carbocycles. The summed E-state index contributed by atoms with van der Waals surface area (Å²) in [7, 11) is 0. The molecule has 3 nitrogen and oxygen atoms in total. The number of halogens is 4. The third-order valence-corrected chi connectivity index (χ3v) is 4.69. The van der Waals surface area contributed by atoms with Gasteiger partial charge in [-0.25, -0.2) is 0 Å². The van der Waals surface area contributed by atoms with Crippen LogP contribution >= 0.6 is 11.6 Å². The van der Waals surface area contributed by atoms with Gasteiger partial charge < -0.3 is 4.90 Å². The monoisotopic (exact) mass is 382 g/mol. The van der Waals surface area contributed by atoms with Crippen molar-refractivity contribution in [2.75, 3.05) is 26.2 Å². The Morgan fingerprint density at radius 2 is 1.69 bits per heavy atom. The normalized spacial score (nSPS) is 16.4. The van der Waals surface area contributed by atoms with Crippen molar-refractivity contribution in [1.82, 2.24) is 5.01 Å². The van der Waals surface area contributed by atoms with Crippen LogP contribution in [0.15, 0.2) is 53.6 Å². The summed E-state index contributed by atoms with van der Waals surface area (Å²) >= 11 is 5.90. The second kappa shape index (κ2) is 8.10. The molecule has 0 amide bonds. The average Bonchev–Trinajstić information content (AvgIpc) is 2.62. The molecule has 7 heteroatoms. The average molecular weight is 383 g/mol. The summed E-state index contributed by atoms with van der Waals surface area (Å²) in [5.41, 5.74) is 0.659. The molecular weight excluding hydrogens is 363 g/mol. The summed E-state index contributed by atoms with van der Waals surface area (Å²) in [5.74, 6) is 0. The topological polar surface area (TPSA) is 20.0 Å². The van der Waals surface area contributed by atoms with Gasteiger partial charge in [0.15, 0.2) is 0 Å². The molecule has 3 rings (SSSR count). The SMILES string of the molecule is FC(F)(F)c1ccccc1/C=N\N1CC[NH+](Cc2ccc(Cl)cc2)CC1. The van der Waals surface area contributed by atoms with Crippen molar-refractivity contribution in [3.05, 3.63) is 70.2 Å². The molecule has 1 aliphatic rings. The minimum absolute atomic E-state index is 0.0935. The molecular formula is C19H20ClF3N3+. The third-order valence-electron chi connectivity index (χ3n) is 4.44. The number of quaternary nitrogens is 1. The molecule has 0 aliphatic carbocycles. The number of piperazine rings is 1. The summed E-state index contributed by atoms with van der Waals surface area (Å²) in [6.07, 6.45) is -3.06. The first-order valence-electron chi connectivity index (χ1n) is 8.45. The van der Waals surface area contributed by atoms with Crippen LogP contribution in [-0.2, 0) is 12.7 Å². The van der Waals surface area contributed by atoms with Crippen LogP contribution in [-0.4, -0.2) is 37.4 Å². The highest BCUT2D eigenvalue weighted by Gasteiger charge is 2.32. The standard InChI is InChI=1S/C19H19ClF3N3/c20-17-7-5-15(6-8-17)14-25-9-11-26(12-10-25)24-13-16-3-1-2-4-18(16)19(21,22)23/h1-8,13H,9-12,14H2/p+1/b24-13-. The molecule has 2 aromatic rings. The molecule has 26 heavy (non-hydrogen) atoms. The quantitative estimate of drug-likeness (QED) is 0.806. The fraction of sp³-hybridized carbons (Fsp3) is 0.316. The maximum absolute atomic E-state index is 13.0. The lowest BCUT2D eigenvalue weighted by Gasteiger charge is -2.30. The molecule has 0 unspecified atom stereocenters. The minimum atomic E-state index is -4.37. The Labute approximate surface area is 155 Å². The van der Waals surface area contributed by atoms with Gasteiger partial charge in [0.1, 0.15) is 6.54 Å². The molecule has 1 saturated heterocycles. The smallest absolute Gasteiger partial charge is 0.328 e. The summed E-state index contributed by atoms with van der Waals surface area (Å²) in [4.78, 5) is 1.43. The van der Waals surface area contributed by atoms with E-state index in [0.29, 0.717) is 13.1 Å². The van der Waals surface area contributed by atoms with Crippen molar-refractivity contribution in [3.63, 3.8) is 0 Å². The van der Waals surface area contributed by atoms with E-state index in [0.717, 1.165) is 30.7 Å². The first kappa shape index (κ1) is 18.7. The predicted molar refractivity (Wildman–Crippen MR) is 96.5 cm³/mol. The van der Waals surface area contributed by atoms with Crippen LogP contribution in [0.3, 0.4) is 0 Å². The fourth-order valence-corrected chi connectivity index (χ4v) is 3.13. The zero-order valence-corrected chi connectivity index (χ0v) is 14.9. The summed E-state index contributed by atoms with van der Waals surface area (Å²) < 4.78 is 39.0. The number of alkyl halides is 3. The van der Waals surface area contributed by atoms with Crippen LogP contribution in [0.5, 0.6) is 0 Å². The van der Waals surface area contributed by atoms with Gasteiger partial charge in [-0.1, -0.05) is 41.9 Å². The van der Waals surface area contributed by atoms with E-state index in [1.165, 1.54) is 28.8 Å². The van der Waals surface area contributed by atoms with Gasteiger partial charge in [-0.2, -0.15) is 18.3 Å². The van der Waals surface area contributed by atoms with Crippen LogP contribution in [0, 0.1) is 0 Å². The van der Waals surface area contributed by atoms with Crippen LogP contribution in [0.4, 0.5) is 13.2 Å². The van der Waals surface area contributed by atoms with E-state index < -0.39 is 11.7 Å². The van der Waals surface area contributed by atoms with Gasteiger partial charge in [0.05, 0.1) is 38.0 Å². The largest absolute Gasteiger partial charge is 0.417 e. The van der Waals surface area contributed by atoms with Crippen LogP contribution in [0.25, 0.3) is 0 Å². The van der Waals surface area contributed by atoms with E-state index in [1.54, 1.807) is 6.07 Å². The second-order valence-corrected chi connectivity index (χ2v) is 6.77. The molecule has 0 radical (unpaired) electrons. The molecule has 138 valence electrons. The van der Waals surface area contributed by atoms with Crippen molar-refractivity contribution in [2.45, 2.75) is 12.7 Å². The van der Waals surface area contributed by atoms with E-state index in [2.05, 4.69) is 5.10 Å². The van der Waals surface area contributed by atoms with Crippen LogP contribution < -0.4 is 4.90 Å². The van der Waals surface area contributed by atoms with Gasteiger partial charge in [0.25, 0.3) is 0 Å². The summed E-state index contributed by atoms with van der Waals surface area (Å²) in [6, 6.07) is 13.3. The Balaban J connectivity index is 1.56. The number of nitrogens with one attached hydrogen (secondary N) is 1. The lowest BCUT2D eigenvalue weighted by Crippen LogP contribution is -3.13. The minimum Gasteiger partial charge on any atom is -0.328 e. The second-order valence-electron chi connectivity index (χ2n) is 6.34. The number of rotatable bonds is 4. The Morgan fingerprint density at radius 1 is 1.04 bits per heavy atom. The Bertz CT molecular complexity index is 751. The first-order valence-corrected chi connectivity index (χ1v) is 8.83. The molecule has 0 atom stereocenters. The number of benzene rings is 2. The maximum atomic E-state index is 13.0. The van der Waals surface area contributed by atoms with E-state index in [-0.39, 0.29) is 5.56 Å². The molecule has 0 bridgehead atoms. The molecule has 0 aromatic heterocycles. The zero-order chi connectivity index (χ0) is 18.6. The van der Waals surface area contributed by atoms with Crippen molar-refractivity contribution >= 4 is 17.8 Å². The molecule has 1 aliphatic heterocycles. The van der Waals surface area contributed by atoms with Gasteiger partial charge in [-0.3, -0.25) is 5.01 Å². The van der Waals surface area contributed by atoms with E-state index >= 15 is 0 Å². The molecule has 2 aromatic carbocycles. The third kappa shape index (κ3) is 4.99. The Hall–Kier alpha value is -2.05. The van der Waals surface area contributed by atoms with Gasteiger partial charge >= 0.3 is 6.18 Å². The summed E-state index contributed by atoms with van der Waals surface area (Å²) in [6.45, 7) is 4.12. The fourth-order valence-electron chi connectivity index (χ4n) is 3.01. The first-order chi connectivity index (χ1) is 12.4. The number of hydrogen-bond acceptors (Lipinski definition) is 2. The summed E-state index contributed by atoms with van der Waals surface area (Å²) in [5, 5.41) is 6.81. The van der Waals surface area contributed by atoms with Gasteiger partial charge in [-0.05, 0) is 18.2 Å². The maximum Gasteiger partial charge on any atom is 0.417 e. The highest BCUT2D eigenvalue weighted by Crippen LogP contribution is 2.31. The Morgan fingerprint density at radius 3 is 2.35 bits per heavy atom. The highest BCUT2D eigenvalue weighted by atomic mass is 35.5. The van der Waals surface area contributed by atoms with E-state index in [4.69, 9.17) is 11.6 Å². The van der Waals surface area contributed by atoms with Crippen LogP contribution in [0.2, 0.25) is 5.02 Å².